The summed E-state index contributed by atoms with van der Waals surface area (Å²) in [5, 5.41) is 15.3. The first-order valence-electron chi connectivity index (χ1n) is 7.58. The number of thiophene rings is 1. The Balaban J connectivity index is 0.00000208. The van der Waals surface area contributed by atoms with E-state index in [0.29, 0.717) is 31.7 Å². The van der Waals surface area contributed by atoms with Crippen LogP contribution in [0.1, 0.15) is 23.2 Å². The first-order chi connectivity index (χ1) is 11.1. The van der Waals surface area contributed by atoms with E-state index < -0.39 is 4.92 Å². The van der Waals surface area contributed by atoms with E-state index in [1.54, 1.807) is 4.90 Å². The summed E-state index contributed by atoms with van der Waals surface area (Å²) in [4.78, 5) is 38.4. The molecule has 132 valence electrons. The van der Waals surface area contributed by atoms with Crippen LogP contribution in [-0.2, 0) is 4.79 Å². The van der Waals surface area contributed by atoms with Crippen LogP contribution >= 0.6 is 23.7 Å². The van der Waals surface area contributed by atoms with E-state index in [-0.39, 0.29) is 35.3 Å². The Hall–Kier alpha value is -1.71. The molecule has 1 unspecified atom stereocenters. The van der Waals surface area contributed by atoms with Crippen LogP contribution in [0.3, 0.4) is 0 Å². The van der Waals surface area contributed by atoms with Crippen LogP contribution in [-0.4, -0.2) is 65.3 Å². The van der Waals surface area contributed by atoms with Gasteiger partial charge in [-0.1, -0.05) is 11.3 Å². The number of nitro groups is 1. The highest BCUT2D eigenvalue weighted by molar-refractivity contribution is 7.13. The zero-order chi connectivity index (χ0) is 16.4. The highest BCUT2D eigenvalue weighted by Crippen LogP contribution is 2.25. The fourth-order valence-electron chi connectivity index (χ4n) is 3.12. The maximum atomic E-state index is 12.5. The molecule has 3 heterocycles. The summed E-state index contributed by atoms with van der Waals surface area (Å²) in [6.07, 6.45) is 1.72. The summed E-state index contributed by atoms with van der Waals surface area (Å²) in [7, 11) is 0. The van der Waals surface area contributed by atoms with E-state index in [0.717, 1.165) is 30.7 Å². The molecule has 1 atom stereocenters. The van der Waals surface area contributed by atoms with Crippen molar-refractivity contribution in [3.8, 4) is 0 Å². The average molecular weight is 375 g/mol. The number of halogens is 1. The number of nitrogens with one attached hydrogen (secondary N) is 1. The zero-order valence-corrected chi connectivity index (χ0v) is 14.6. The fourth-order valence-corrected chi connectivity index (χ4v) is 3.81. The largest absolute Gasteiger partial charge is 0.337 e. The molecule has 2 fully saturated rings. The third-order valence-corrected chi connectivity index (χ3v) is 5.14. The molecule has 0 saturated carbocycles. The summed E-state index contributed by atoms with van der Waals surface area (Å²) in [5.74, 6) is -0.122. The topological polar surface area (TPSA) is 95.8 Å². The molecule has 0 radical (unpaired) electrons. The maximum absolute atomic E-state index is 12.5. The molecule has 2 aliphatic heterocycles. The molecule has 1 aromatic heterocycles. The minimum Gasteiger partial charge on any atom is -0.337 e. The molecule has 1 N–H and O–H groups in total. The third kappa shape index (κ3) is 3.85. The quantitative estimate of drug-likeness (QED) is 0.631. The number of hydrogen-bond donors (Lipinski definition) is 1. The van der Waals surface area contributed by atoms with Crippen LogP contribution in [0.25, 0.3) is 0 Å². The van der Waals surface area contributed by atoms with Crippen molar-refractivity contribution in [1.29, 1.82) is 0 Å². The summed E-state index contributed by atoms with van der Waals surface area (Å²) in [6.45, 7) is 2.90. The van der Waals surface area contributed by atoms with Crippen LogP contribution < -0.4 is 5.32 Å². The molecular formula is C14H19ClN4O4S. The Morgan fingerprint density at radius 3 is 2.88 bits per heavy atom. The van der Waals surface area contributed by atoms with Crippen molar-refractivity contribution in [1.82, 2.24) is 15.1 Å². The lowest BCUT2D eigenvalue weighted by molar-refractivity contribution is -0.380. The number of carbonyl (C=O) groups is 2. The molecule has 1 aromatic rings. The monoisotopic (exact) mass is 374 g/mol. The number of carbonyl (C=O) groups excluding carboxylic acids is 2. The first-order valence-corrected chi connectivity index (χ1v) is 8.46. The lowest BCUT2D eigenvalue weighted by Gasteiger charge is -2.41. The second-order valence-electron chi connectivity index (χ2n) is 5.74. The van der Waals surface area contributed by atoms with Gasteiger partial charge in [-0.2, -0.15) is 0 Å². The summed E-state index contributed by atoms with van der Waals surface area (Å²) >= 11 is 0.960. The Bertz CT molecular complexity index is 638. The number of hydrogen-bond acceptors (Lipinski definition) is 6. The van der Waals surface area contributed by atoms with Gasteiger partial charge in [0.15, 0.2) is 0 Å². The van der Waals surface area contributed by atoms with Gasteiger partial charge in [0.2, 0.25) is 5.91 Å². The van der Waals surface area contributed by atoms with Crippen molar-refractivity contribution in [3.05, 3.63) is 27.1 Å². The van der Waals surface area contributed by atoms with Gasteiger partial charge in [-0.3, -0.25) is 19.7 Å². The lowest BCUT2D eigenvalue weighted by Crippen LogP contribution is -2.57. The normalized spacial score (nSPS) is 21.3. The van der Waals surface area contributed by atoms with Crippen LogP contribution in [0.4, 0.5) is 5.00 Å². The molecule has 3 rings (SSSR count). The van der Waals surface area contributed by atoms with Gasteiger partial charge in [0.1, 0.15) is 0 Å². The van der Waals surface area contributed by atoms with Crippen LogP contribution in [0.2, 0.25) is 0 Å². The van der Waals surface area contributed by atoms with Crippen LogP contribution in [0.5, 0.6) is 0 Å². The Labute approximate surface area is 149 Å². The average Bonchev–Trinajstić information content (AvgIpc) is 3.05. The second-order valence-corrected chi connectivity index (χ2v) is 6.63. The van der Waals surface area contributed by atoms with Crippen LogP contribution in [0.15, 0.2) is 11.4 Å². The molecule has 0 aliphatic carbocycles. The summed E-state index contributed by atoms with van der Waals surface area (Å²) < 4.78 is 0. The number of piperidine rings is 1. The molecule has 10 heteroatoms. The van der Waals surface area contributed by atoms with E-state index in [4.69, 9.17) is 0 Å². The Kier molecular flexibility index (Phi) is 6.14. The van der Waals surface area contributed by atoms with Crippen molar-refractivity contribution in [2.45, 2.75) is 18.9 Å². The maximum Gasteiger partial charge on any atom is 0.324 e. The molecule has 0 spiro atoms. The van der Waals surface area contributed by atoms with Crippen LogP contribution in [0, 0.1) is 10.1 Å². The number of rotatable bonds is 3. The zero-order valence-electron chi connectivity index (χ0n) is 13.0. The lowest BCUT2D eigenvalue weighted by atomic mass is 10.0. The smallest absolute Gasteiger partial charge is 0.324 e. The number of likely N-dealkylation sites (tertiary alicyclic amines) is 1. The SMILES string of the molecule is Cl.O=C(c1csc([N+](=O)[O-])c1)N1CCCC(N2CCNCC2=O)C1. The van der Waals surface area contributed by atoms with E-state index in [9.17, 15) is 19.7 Å². The fraction of sp³-hybridized carbons (Fsp3) is 0.571. The number of piperazine rings is 1. The van der Waals surface area contributed by atoms with Gasteiger partial charge in [-0.05, 0) is 12.8 Å². The van der Waals surface area contributed by atoms with E-state index in [1.807, 2.05) is 4.90 Å². The third-order valence-electron chi connectivity index (χ3n) is 4.26. The van der Waals surface area contributed by atoms with Crippen molar-refractivity contribution in [3.63, 3.8) is 0 Å². The standard InChI is InChI=1S/C14H18N4O4S.ClH/c19-12-7-15-3-5-17(12)11-2-1-4-16(8-11)14(20)10-6-13(18(21)22)23-9-10;/h6,9,11,15H,1-5,7-8H2;1H. The van der Waals surface area contributed by atoms with Crippen molar-refractivity contribution in [2.24, 2.45) is 0 Å². The predicted octanol–water partition coefficient (Wildman–Crippen LogP) is 1.11. The molecule has 24 heavy (non-hydrogen) atoms. The van der Waals surface area contributed by atoms with Gasteiger partial charge in [0.25, 0.3) is 5.91 Å². The van der Waals surface area contributed by atoms with Crippen molar-refractivity contribution >= 4 is 40.6 Å². The summed E-state index contributed by atoms with van der Waals surface area (Å²) in [6, 6.07) is 1.36. The van der Waals surface area contributed by atoms with Crippen molar-refractivity contribution < 1.29 is 14.5 Å². The molecular weight excluding hydrogens is 356 g/mol. The van der Waals surface area contributed by atoms with Gasteiger partial charge >= 0.3 is 5.00 Å². The van der Waals surface area contributed by atoms with E-state index in [1.165, 1.54) is 11.4 Å². The van der Waals surface area contributed by atoms with E-state index in [2.05, 4.69) is 5.32 Å². The minimum absolute atomic E-state index is 0. The van der Waals surface area contributed by atoms with Gasteiger partial charge in [-0.25, -0.2) is 0 Å². The number of nitrogens with zero attached hydrogens (tertiary/aromatic N) is 3. The second kappa shape index (κ2) is 7.91. The first kappa shape index (κ1) is 18.6. The highest BCUT2D eigenvalue weighted by Gasteiger charge is 2.32. The molecule has 0 aromatic carbocycles. The highest BCUT2D eigenvalue weighted by atomic mass is 35.5. The Morgan fingerprint density at radius 1 is 1.42 bits per heavy atom. The van der Waals surface area contributed by atoms with Gasteiger partial charge in [-0.15, -0.1) is 12.4 Å². The minimum atomic E-state index is -0.486. The molecule has 0 bridgehead atoms. The molecule has 2 amide bonds. The predicted molar refractivity (Wildman–Crippen MR) is 91.7 cm³/mol. The van der Waals surface area contributed by atoms with Gasteiger partial charge in [0.05, 0.1) is 17.0 Å². The van der Waals surface area contributed by atoms with Gasteiger partial charge < -0.3 is 15.1 Å². The Morgan fingerprint density at radius 2 is 2.21 bits per heavy atom. The molecule has 2 aliphatic rings. The van der Waals surface area contributed by atoms with Gasteiger partial charge in [0, 0.05) is 43.7 Å². The van der Waals surface area contributed by atoms with E-state index >= 15 is 0 Å². The van der Waals surface area contributed by atoms with Crippen molar-refractivity contribution in [2.75, 3.05) is 32.7 Å². The summed E-state index contributed by atoms with van der Waals surface area (Å²) in [5.41, 5.74) is 0.356. The molecule has 8 nitrogen and oxygen atoms in total. The number of amides is 2. The molecule has 2 saturated heterocycles.